The van der Waals surface area contributed by atoms with E-state index in [-0.39, 0.29) is 11.6 Å². The molecule has 0 atom stereocenters. The van der Waals surface area contributed by atoms with E-state index in [1.54, 1.807) is 60.7 Å². The van der Waals surface area contributed by atoms with Gasteiger partial charge in [-0.25, -0.2) is 0 Å². The van der Waals surface area contributed by atoms with E-state index in [4.69, 9.17) is 10.5 Å². The quantitative estimate of drug-likeness (QED) is 0.276. The van der Waals surface area contributed by atoms with Crippen molar-refractivity contribution in [2.45, 2.75) is 0 Å². The maximum Gasteiger partial charge on any atom is 0.269 e. The van der Waals surface area contributed by atoms with Crippen molar-refractivity contribution in [2.24, 2.45) is 5.73 Å². The van der Waals surface area contributed by atoms with Crippen molar-refractivity contribution < 1.29 is 19.2 Å². The molecule has 31 heavy (non-hydrogen) atoms. The molecule has 0 aliphatic carbocycles. The highest BCUT2D eigenvalue weighted by Gasteiger charge is 2.07. The molecule has 9 heteroatoms. The fourth-order valence-corrected chi connectivity index (χ4v) is 2.68. The Bertz CT molecular complexity index is 1060. The smallest absolute Gasteiger partial charge is 0.269 e. The average molecular weight is 420 g/mol. The first-order chi connectivity index (χ1) is 14.9. The lowest BCUT2D eigenvalue weighted by Gasteiger charge is -2.09. The number of hydrogen-bond acceptors (Lipinski definition) is 6. The van der Waals surface area contributed by atoms with E-state index in [0.717, 1.165) is 5.69 Å². The van der Waals surface area contributed by atoms with Crippen LogP contribution in [0.25, 0.3) is 0 Å². The second-order valence-electron chi connectivity index (χ2n) is 6.50. The second kappa shape index (κ2) is 9.88. The van der Waals surface area contributed by atoms with Gasteiger partial charge in [0.25, 0.3) is 11.6 Å². The number of nitrogens with two attached hydrogens (primary N) is 1. The number of carbonyl (C=O) groups is 2. The molecule has 0 spiro atoms. The maximum absolute atomic E-state index is 12.2. The Labute approximate surface area is 178 Å². The molecule has 0 unspecified atom stereocenters. The first kappa shape index (κ1) is 21.3. The van der Waals surface area contributed by atoms with Gasteiger partial charge in [-0.1, -0.05) is 0 Å². The van der Waals surface area contributed by atoms with Crippen LogP contribution >= 0.6 is 0 Å². The highest BCUT2D eigenvalue weighted by Crippen LogP contribution is 2.22. The Balaban J connectivity index is 1.45. The summed E-state index contributed by atoms with van der Waals surface area (Å²) < 4.78 is 5.68. The first-order valence-electron chi connectivity index (χ1n) is 9.37. The van der Waals surface area contributed by atoms with Crippen LogP contribution in [0.2, 0.25) is 0 Å². The van der Waals surface area contributed by atoms with Crippen LogP contribution < -0.4 is 21.1 Å². The van der Waals surface area contributed by atoms with Crippen LogP contribution in [0, 0.1) is 10.1 Å². The highest BCUT2D eigenvalue weighted by molar-refractivity contribution is 5.94. The predicted octanol–water partition coefficient (Wildman–Crippen LogP) is 3.33. The summed E-state index contributed by atoms with van der Waals surface area (Å²) in [4.78, 5) is 33.5. The Morgan fingerprint density at radius 2 is 1.39 bits per heavy atom. The third-order valence-corrected chi connectivity index (χ3v) is 4.31. The van der Waals surface area contributed by atoms with Crippen molar-refractivity contribution in [1.82, 2.24) is 5.32 Å². The standard InChI is InChI=1S/C22H20N4O5/c23-21(27)15-1-9-19(10-2-15)31-20-11-3-16(4-12-20)22(28)25-14-13-24-17-5-7-18(8-6-17)26(29)30/h1-12,24H,13-14H2,(H2,23,27)(H,25,28). The van der Waals surface area contributed by atoms with Crippen molar-refractivity contribution in [1.29, 1.82) is 0 Å². The third-order valence-electron chi connectivity index (χ3n) is 4.31. The monoisotopic (exact) mass is 420 g/mol. The number of non-ortho nitro benzene ring substituents is 1. The van der Waals surface area contributed by atoms with E-state index in [9.17, 15) is 19.7 Å². The number of ether oxygens (including phenoxy) is 1. The minimum absolute atomic E-state index is 0.0222. The molecule has 0 aliphatic heterocycles. The van der Waals surface area contributed by atoms with Gasteiger partial charge in [0.1, 0.15) is 11.5 Å². The molecule has 4 N–H and O–H groups in total. The van der Waals surface area contributed by atoms with Crippen molar-refractivity contribution in [3.8, 4) is 11.5 Å². The zero-order chi connectivity index (χ0) is 22.2. The zero-order valence-corrected chi connectivity index (χ0v) is 16.4. The normalized spacial score (nSPS) is 10.2. The fraction of sp³-hybridized carbons (Fsp3) is 0.0909. The van der Waals surface area contributed by atoms with Crippen LogP contribution in [0.4, 0.5) is 11.4 Å². The second-order valence-corrected chi connectivity index (χ2v) is 6.50. The van der Waals surface area contributed by atoms with Gasteiger partial charge in [-0.3, -0.25) is 19.7 Å². The molecule has 0 bridgehead atoms. The van der Waals surface area contributed by atoms with Gasteiger partial charge < -0.3 is 21.1 Å². The average Bonchev–Trinajstić information content (AvgIpc) is 2.78. The van der Waals surface area contributed by atoms with E-state index in [1.165, 1.54) is 12.1 Å². The molecule has 0 fully saturated rings. The van der Waals surface area contributed by atoms with E-state index < -0.39 is 10.8 Å². The molecule has 2 amide bonds. The fourth-order valence-electron chi connectivity index (χ4n) is 2.68. The van der Waals surface area contributed by atoms with Gasteiger partial charge in [0, 0.05) is 42.0 Å². The van der Waals surface area contributed by atoms with Crippen LogP contribution in [-0.4, -0.2) is 29.8 Å². The molecule has 158 valence electrons. The number of nitrogens with one attached hydrogen (secondary N) is 2. The SMILES string of the molecule is NC(=O)c1ccc(Oc2ccc(C(=O)NCCNc3ccc([N+](=O)[O-])cc3)cc2)cc1. The summed E-state index contributed by atoms with van der Waals surface area (Å²) in [6.45, 7) is 0.840. The number of nitro benzene ring substituents is 1. The number of rotatable bonds is 9. The van der Waals surface area contributed by atoms with Crippen molar-refractivity contribution in [2.75, 3.05) is 18.4 Å². The predicted molar refractivity (Wildman–Crippen MR) is 115 cm³/mol. The Kier molecular flexibility index (Phi) is 6.79. The Hall–Kier alpha value is -4.40. The lowest BCUT2D eigenvalue weighted by Crippen LogP contribution is -2.28. The van der Waals surface area contributed by atoms with Crippen LogP contribution in [0.5, 0.6) is 11.5 Å². The lowest BCUT2D eigenvalue weighted by molar-refractivity contribution is -0.384. The Morgan fingerprint density at radius 3 is 1.90 bits per heavy atom. The topological polar surface area (TPSA) is 137 Å². The van der Waals surface area contributed by atoms with E-state index in [2.05, 4.69) is 10.6 Å². The van der Waals surface area contributed by atoms with Crippen molar-refractivity contribution >= 4 is 23.2 Å². The third kappa shape index (κ3) is 6.04. The van der Waals surface area contributed by atoms with Gasteiger partial charge in [0.05, 0.1) is 4.92 Å². The summed E-state index contributed by atoms with van der Waals surface area (Å²) in [7, 11) is 0. The van der Waals surface area contributed by atoms with E-state index in [1.807, 2.05) is 0 Å². The van der Waals surface area contributed by atoms with Gasteiger partial charge in [-0.2, -0.15) is 0 Å². The van der Waals surface area contributed by atoms with Crippen molar-refractivity contribution in [3.05, 3.63) is 94.0 Å². The molecular formula is C22H20N4O5. The van der Waals surface area contributed by atoms with Crippen LogP contribution in [0.15, 0.2) is 72.8 Å². The van der Waals surface area contributed by atoms with E-state index >= 15 is 0 Å². The molecule has 3 rings (SSSR count). The number of anilines is 1. The number of carbonyl (C=O) groups excluding carboxylic acids is 2. The summed E-state index contributed by atoms with van der Waals surface area (Å²) in [6, 6.07) is 19.1. The number of primary amides is 1. The zero-order valence-electron chi connectivity index (χ0n) is 16.4. The number of nitrogens with zero attached hydrogens (tertiary/aromatic N) is 1. The number of benzene rings is 3. The molecule has 0 radical (unpaired) electrons. The van der Waals surface area contributed by atoms with Gasteiger partial charge in [-0.05, 0) is 60.7 Å². The van der Waals surface area contributed by atoms with Crippen LogP contribution in [0.1, 0.15) is 20.7 Å². The van der Waals surface area contributed by atoms with Gasteiger partial charge in [0.15, 0.2) is 0 Å². The molecule has 0 saturated heterocycles. The van der Waals surface area contributed by atoms with Crippen molar-refractivity contribution in [3.63, 3.8) is 0 Å². The van der Waals surface area contributed by atoms with Crippen LogP contribution in [-0.2, 0) is 0 Å². The highest BCUT2D eigenvalue weighted by atomic mass is 16.6. The maximum atomic E-state index is 12.2. The molecule has 0 saturated carbocycles. The summed E-state index contributed by atoms with van der Waals surface area (Å²) in [5.41, 5.74) is 6.82. The molecule has 0 heterocycles. The molecule has 9 nitrogen and oxygen atoms in total. The van der Waals surface area contributed by atoms with E-state index in [0.29, 0.717) is 35.7 Å². The van der Waals surface area contributed by atoms with Gasteiger partial charge in [-0.15, -0.1) is 0 Å². The molecular weight excluding hydrogens is 400 g/mol. The summed E-state index contributed by atoms with van der Waals surface area (Å²) in [5, 5.41) is 16.5. The Morgan fingerprint density at radius 1 is 0.839 bits per heavy atom. The molecule has 3 aromatic rings. The summed E-state index contributed by atoms with van der Waals surface area (Å²) in [6.07, 6.45) is 0. The van der Waals surface area contributed by atoms with Crippen LogP contribution in [0.3, 0.4) is 0 Å². The number of amides is 2. The van der Waals surface area contributed by atoms with Gasteiger partial charge >= 0.3 is 0 Å². The summed E-state index contributed by atoms with van der Waals surface area (Å²) >= 11 is 0. The number of hydrogen-bond donors (Lipinski definition) is 3. The minimum Gasteiger partial charge on any atom is -0.457 e. The molecule has 0 aromatic heterocycles. The number of nitro groups is 1. The first-order valence-corrected chi connectivity index (χ1v) is 9.37. The lowest BCUT2D eigenvalue weighted by atomic mass is 10.2. The van der Waals surface area contributed by atoms with Gasteiger partial charge in [0.2, 0.25) is 5.91 Å². The minimum atomic E-state index is -0.509. The largest absolute Gasteiger partial charge is 0.457 e. The molecule has 3 aromatic carbocycles. The molecule has 0 aliphatic rings. The summed E-state index contributed by atoms with van der Waals surface area (Å²) in [5.74, 6) is 0.343.